The fourth-order valence-electron chi connectivity index (χ4n) is 1.73. The third-order valence-corrected chi connectivity index (χ3v) is 5.18. The maximum atomic E-state index is 6.25. The SMILES string of the molecule is COc1ccc(C(Br)c2cc(Br)ccc2Cl)cc1Br. The van der Waals surface area contributed by atoms with E-state index in [2.05, 4.69) is 47.8 Å². The zero-order valence-electron chi connectivity index (χ0n) is 9.96. The molecule has 0 bridgehead atoms. The normalized spacial score (nSPS) is 12.3. The van der Waals surface area contributed by atoms with Crippen LogP contribution >= 0.6 is 59.4 Å². The van der Waals surface area contributed by atoms with Crippen molar-refractivity contribution in [1.82, 2.24) is 0 Å². The van der Waals surface area contributed by atoms with Gasteiger partial charge in [-0.25, -0.2) is 0 Å². The number of halogens is 4. The summed E-state index contributed by atoms with van der Waals surface area (Å²) in [5.41, 5.74) is 2.13. The van der Waals surface area contributed by atoms with E-state index in [4.69, 9.17) is 16.3 Å². The quantitative estimate of drug-likeness (QED) is 0.476. The average molecular weight is 469 g/mol. The summed E-state index contributed by atoms with van der Waals surface area (Å²) in [6, 6.07) is 11.8. The van der Waals surface area contributed by atoms with E-state index in [-0.39, 0.29) is 4.83 Å². The minimum absolute atomic E-state index is 0.0275. The van der Waals surface area contributed by atoms with Gasteiger partial charge in [-0.05, 0) is 57.4 Å². The van der Waals surface area contributed by atoms with Gasteiger partial charge in [0.2, 0.25) is 0 Å². The first-order chi connectivity index (χ1) is 9.02. The largest absolute Gasteiger partial charge is 0.496 e. The van der Waals surface area contributed by atoms with Gasteiger partial charge in [-0.1, -0.05) is 49.5 Å². The maximum Gasteiger partial charge on any atom is 0.133 e. The Bertz CT molecular complexity index is 601. The summed E-state index contributed by atoms with van der Waals surface area (Å²) in [5.74, 6) is 0.809. The van der Waals surface area contributed by atoms with E-state index in [1.54, 1.807) is 7.11 Å². The predicted molar refractivity (Wildman–Crippen MR) is 90.6 cm³/mol. The Morgan fingerprint density at radius 1 is 1.11 bits per heavy atom. The van der Waals surface area contributed by atoms with E-state index in [1.165, 1.54) is 0 Å². The Hall–Kier alpha value is -0.0300. The Morgan fingerprint density at radius 3 is 2.47 bits per heavy atom. The van der Waals surface area contributed by atoms with Gasteiger partial charge in [0, 0.05) is 9.50 Å². The highest BCUT2D eigenvalue weighted by atomic mass is 79.9. The van der Waals surface area contributed by atoms with E-state index in [0.29, 0.717) is 0 Å². The first-order valence-corrected chi connectivity index (χ1v) is 8.33. The minimum atomic E-state index is 0.0275. The van der Waals surface area contributed by atoms with Crippen LogP contribution in [0.25, 0.3) is 0 Å². The van der Waals surface area contributed by atoms with E-state index < -0.39 is 0 Å². The fourth-order valence-corrected chi connectivity index (χ4v) is 3.69. The van der Waals surface area contributed by atoms with Gasteiger partial charge in [-0.3, -0.25) is 0 Å². The molecule has 2 rings (SSSR count). The molecule has 0 aromatic heterocycles. The predicted octanol–water partition coefficient (Wildman–Crippen LogP) is 6.36. The average Bonchev–Trinajstić information content (AvgIpc) is 2.40. The summed E-state index contributed by atoms with van der Waals surface area (Å²) >= 11 is 16.9. The fraction of sp³-hybridized carbons (Fsp3) is 0.143. The van der Waals surface area contributed by atoms with Crippen molar-refractivity contribution in [3.8, 4) is 5.75 Å². The second-order valence-electron chi connectivity index (χ2n) is 3.92. The molecule has 2 aromatic carbocycles. The summed E-state index contributed by atoms with van der Waals surface area (Å²) in [5, 5.41) is 0.733. The van der Waals surface area contributed by atoms with E-state index >= 15 is 0 Å². The molecular formula is C14H10Br3ClO. The lowest BCUT2D eigenvalue weighted by molar-refractivity contribution is 0.412. The number of benzene rings is 2. The van der Waals surface area contributed by atoms with Crippen LogP contribution in [-0.4, -0.2) is 7.11 Å². The summed E-state index contributed by atoms with van der Waals surface area (Å²) < 4.78 is 7.16. The maximum absolute atomic E-state index is 6.25. The topological polar surface area (TPSA) is 9.23 Å². The van der Waals surface area contributed by atoms with Crippen molar-refractivity contribution in [3.05, 3.63) is 61.5 Å². The Morgan fingerprint density at radius 2 is 1.84 bits per heavy atom. The standard InChI is InChI=1S/C14H10Br3ClO/c1-19-13-5-2-8(6-11(13)16)14(17)10-7-9(15)3-4-12(10)18/h2-7,14H,1H3. The van der Waals surface area contributed by atoms with Crippen molar-refractivity contribution in [2.45, 2.75) is 4.83 Å². The zero-order chi connectivity index (χ0) is 14.0. The number of hydrogen-bond acceptors (Lipinski definition) is 1. The van der Waals surface area contributed by atoms with Gasteiger partial charge < -0.3 is 4.74 Å². The molecule has 0 aliphatic carbocycles. The molecule has 100 valence electrons. The van der Waals surface area contributed by atoms with E-state index in [0.717, 1.165) is 30.8 Å². The number of methoxy groups -OCH3 is 1. The monoisotopic (exact) mass is 466 g/mol. The van der Waals surface area contributed by atoms with Crippen molar-refractivity contribution < 1.29 is 4.74 Å². The van der Waals surface area contributed by atoms with Gasteiger partial charge in [0.15, 0.2) is 0 Å². The highest BCUT2D eigenvalue weighted by Gasteiger charge is 2.15. The van der Waals surface area contributed by atoms with E-state index in [9.17, 15) is 0 Å². The highest BCUT2D eigenvalue weighted by Crippen LogP contribution is 2.39. The lowest BCUT2D eigenvalue weighted by Gasteiger charge is -2.14. The molecule has 2 aromatic rings. The molecular weight excluding hydrogens is 459 g/mol. The second-order valence-corrected chi connectivity index (χ2v) is 7.02. The molecule has 0 heterocycles. The molecule has 1 nitrogen and oxygen atoms in total. The summed E-state index contributed by atoms with van der Waals surface area (Å²) in [6.45, 7) is 0. The van der Waals surface area contributed by atoms with Crippen LogP contribution < -0.4 is 4.74 Å². The van der Waals surface area contributed by atoms with Crippen LogP contribution in [0, 0.1) is 0 Å². The number of rotatable bonds is 3. The van der Waals surface area contributed by atoms with Crippen LogP contribution in [0.3, 0.4) is 0 Å². The van der Waals surface area contributed by atoms with E-state index in [1.807, 2.05) is 36.4 Å². The molecule has 0 spiro atoms. The smallest absolute Gasteiger partial charge is 0.133 e. The summed E-state index contributed by atoms with van der Waals surface area (Å²) in [7, 11) is 1.65. The minimum Gasteiger partial charge on any atom is -0.496 e. The Labute approximate surface area is 142 Å². The Kier molecular flexibility index (Phi) is 5.35. The van der Waals surface area contributed by atoms with Crippen LogP contribution in [0.5, 0.6) is 5.75 Å². The molecule has 1 unspecified atom stereocenters. The molecule has 19 heavy (non-hydrogen) atoms. The van der Waals surface area contributed by atoms with Gasteiger partial charge in [0.1, 0.15) is 5.75 Å². The number of alkyl halides is 1. The number of hydrogen-bond donors (Lipinski definition) is 0. The molecule has 0 saturated carbocycles. The molecule has 0 fully saturated rings. The van der Waals surface area contributed by atoms with Gasteiger partial charge in [-0.2, -0.15) is 0 Å². The molecule has 0 saturated heterocycles. The molecule has 0 aliphatic rings. The third-order valence-electron chi connectivity index (χ3n) is 2.70. The molecule has 0 N–H and O–H groups in total. The lowest BCUT2D eigenvalue weighted by atomic mass is 10.0. The van der Waals surface area contributed by atoms with Crippen LogP contribution in [0.1, 0.15) is 16.0 Å². The molecule has 0 aliphatic heterocycles. The number of ether oxygens (including phenoxy) is 1. The molecule has 5 heteroatoms. The molecule has 0 radical (unpaired) electrons. The van der Waals surface area contributed by atoms with Crippen LogP contribution in [0.15, 0.2) is 45.3 Å². The van der Waals surface area contributed by atoms with Gasteiger partial charge in [-0.15, -0.1) is 0 Å². The van der Waals surface area contributed by atoms with Crippen molar-refractivity contribution in [2.24, 2.45) is 0 Å². The lowest BCUT2D eigenvalue weighted by Crippen LogP contribution is -1.95. The van der Waals surface area contributed by atoms with Gasteiger partial charge in [0.05, 0.1) is 16.4 Å². The van der Waals surface area contributed by atoms with Crippen molar-refractivity contribution in [2.75, 3.05) is 7.11 Å². The van der Waals surface area contributed by atoms with Gasteiger partial charge in [0.25, 0.3) is 0 Å². The van der Waals surface area contributed by atoms with Crippen LogP contribution in [-0.2, 0) is 0 Å². The zero-order valence-corrected chi connectivity index (χ0v) is 15.5. The molecule has 0 amide bonds. The first-order valence-electron chi connectivity index (χ1n) is 5.45. The second kappa shape index (κ2) is 6.61. The summed E-state index contributed by atoms with van der Waals surface area (Å²) in [6.07, 6.45) is 0. The van der Waals surface area contributed by atoms with Crippen LogP contribution in [0.2, 0.25) is 5.02 Å². The van der Waals surface area contributed by atoms with Crippen molar-refractivity contribution >= 4 is 59.4 Å². The first kappa shape index (κ1) is 15.4. The molecule has 1 atom stereocenters. The van der Waals surface area contributed by atoms with Crippen molar-refractivity contribution in [1.29, 1.82) is 0 Å². The Balaban J connectivity index is 2.41. The summed E-state index contributed by atoms with van der Waals surface area (Å²) in [4.78, 5) is 0.0275. The third kappa shape index (κ3) is 3.54. The van der Waals surface area contributed by atoms with Gasteiger partial charge >= 0.3 is 0 Å². The highest BCUT2D eigenvalue weighted by molar-refractivity contribution is 9.11. The van der Waals surface area contributed by atoms with Crippen LogP contribution in [0.4, 0.5) is 0 Å². The van der Waals surface area contributed by atoms with Crippen molar-refractivity contribution in [3.63, 3.8) is 0 Å².